The van der Waals surface area contributed by atoms with Crippen molar-refractivity contribution in [2.75, 3.05) is 13.7 Å². The molecule has 2 heterocycles. The van der Waals surface area contributed by atoms with Crippen molar-refractivity contribution in [2.45, 2.75) is 101 Å². The molecule has 2 saturated carbocycles. The minimum Gasteiger partial charge on any atom is -0.497 e. The molecule has 1 unspecified atom stereocenters. The molecule has 16 heteroatoms. The number of aromatic nitrogens is 1. The number of nitrogens with one attached hydrogen (secondary N) is 2. The summed E-state index contributed by atoms with van der Waals surface area (Å²) in [5.41, 5.74) is -0.552. The van der Waals surface area contributed by atoms with Crippen LogP contribution in [0.25, 0.3) is 22.2 Å². The number of allylic oxidation sites excluding steroid dienone is 1. The van der Waals surface area contributed by atoms with Crippen molar-refractivity contribution in [3.63, 3.8) is 0 Å². The molecule has 2 N–H and O–H groups in total. The van der Waals surface area contributed by atoms with Crippen molar-refractivity contribution in [1.29, 1.82) is 0 Å². The molecule has 0 spiro atoms. The SMILES string of the molecule is C=C[C@@H]1C[C@]1(NC(=O)[C@@H]1CC(Oc2cc(-c3ccccc3)nc3cc(OC)ccc23)CN1C(=O)[C@@H](CC(=O)OC(C)(C)C)[C@@H](C)OC(=O)/C=C/C)C(=O)NS(=O)(=O)C1CC1. The molecule has 3 aromatic rings. The molecule has 0 bridgehead atoms. The number of hydrogen-bond donors (Lipinski definition) is 2. The van der Waals surface area contributed by atoms with E-state index in [4.69, 9.17) is 23.9 Å². The number of amides is 3. The summed E-state index contributed by atoms with van der Waals surface area (Å²) >= 11 is 0. The van der Waals surface area contributed by atoms with Gasteiger partial charge in [0, 0.05) is 41.5 Å². The lowest BCUT2D eigenvalue weighted by Gasteiger charge is -2.31. The van der Waals surface area contributed by atoms with Crippen LogP contribution in [0.2, 0.25) is 0 Å². The minimum absolute atomic E-state index is 0.0685. The highest BCUT2D eigenvalue weighted by molar-refractivity contribution is 7.91. The molecular formula is C44H52N4O11S. The van der Waals surface area contributed by atoms with E-state index in [1.54, 1.807) is 59.1 Å². The Morgan fingerprint density at radius 2 is 1.78 bits per heavy atom. The molecule has 3 aliphatic rings. The van der Waals surface area contributed by atoms with Crippen molar-refractivity contribution >= 4 is 50.6 Å². The molecular weight excluding hydrogens is 793 g/mol. The molecule has 1 saturated heterocycles. The molecule has 320 valence electrons. The van der Waals surface area contributed by atoms with Gasteiger partial charge in [-0.25, -0.2) is 18.2 Å². The number of nitrogens with zero attached hydrogens (tertiary/aromatic N) is 2. The van der Waals surface area contributed by atoms with Gasteiger partial charge in [0.1, 0.15) is 40.9 Å². The number of carbonyl (C=O) groups excluding carboxylic acids is 5. The Morgan fingerprint density at radius 1 is 1.07 bits per heavy atom. The molecule has 6 atom stereocenters. The largest absolute Gasteiger partial charge is 0.497 e. The van der Waals surface area contributed by atoms with Gasteiger partial charge < -0.3 is 29.2 Å². The lowest BCUT2D eigenvalue weighted by Crippen LogP contribution is -2.57. The van der Waals surface area contributed by atoms with Crippen LogP contribution in [0.15, 0.2) is 79.4 Å². The summed E-state index contributed by atoms with van der Waals surface area (Å²) in [5, 5.41) is 2.72. The number of esters is 2. The summed E-state index contributed by atoms with van der Waals surface area (Å²) in [6, 6.07) is 15.3. The standard InChI is InChI=1S/C44H52N4O11S/c1-8-13-38(49)57-26(3)33(22-39(50)59-43(4,5)6)41(52)48-25-30(21-36(48)40(51)46-44(24-28(44)9-2)42(53)47-60(54,55)31-17-18-31)58-37-23-34(27-14-11-10-12-15-27)45-35-20-29(56-7)16-19-32(35)37/h8-16,19-20,23,26,28,30-31,33,36H,2,17-18,21-22,24-25H2,1,3-7H3,(H,46,51)(H,47,53)/b13-8+/t26-,28-,30?,33+,36+,44-/m1/s1. The van der Waals surface area contributed by atoms with E-state index in [9.17, 15) is 32.4 Å². The van der Waals surface area contributed by atoms with E-state index in [1.165, 1.54) is 30.1 Å². The third kappa shape index (κ3) is 9.97. The molecule has 2 aromatic carbocycles. The van der Waals surface area contributed by atoms with Crippen LogP contribution < -0.4 is 19.5 Å². The first-order valence-corrected chi connectivity index (χ1v) is 21.5. The Balaban J connectivity index is 1.36. The second-order valence-corrected chi connectivity index (χ2v) is 18.4. The van der Waals surface area contributed by atoms with Crippen LogP contribution >= 0.6 is 0 Å². The summed E-state index contributed by atoms with van der Waals surface area (Å²) in [6.45, 7) is 11.8. The highest BCUT2D eigenvalue weighted by Crippen LogP contribution is 2.46. The molecule has 0 radical (unpaired) electrons. The van der Waals surface area contributed by atoms with E-state index < -0.39 is 92.6 Å². The van der Waals surface area contributed by atoms with E-state index in [2.05, 4.69) is 16.6 Å². The Labute approximate surface area is 349 Å². The lowest BCUT2D eigenvalue weighted by atomic mass is 9.96. The number of sulfonamides is 1. The third-order valence-corrected chi connectivity index (χ3v) is 12.6. The second kappa shape index (κ2) is 17.4. The fourth-order valence-corrected chi connectivity index (χ4v) is 8.77. The van der Waals surface area contributed by atoms with Gasteiger partial charge in [0.05, 0.1) is 42.5 Å². The molecule has 1 aromatic heterocycles. The fraction of sp³-hybridized carbons (Fsp3) is 0.455. The topological polar surface area (TPSA) is 197 Å². The van der Waals surface area contributed by atoms with Crippen LogP contribution in [0.5, 0.6) is 11.5 Å². The zero-order valence-corrected chi connectivity index (χ0v) is 35.5. The number of methoxy groups -OCH3 is 1. The summed E-state index contributed by atoms with van der Waals surface area (Å²) in [4.78, 5) is 75.1. The van der Waals surface area contributed by atoms with Crippen molar-refractivity contribution in [2.24, 2.45) is 11.8 Å². The molecule has 3 fully saturated rings. The molecule has 3 amide bonds. The van der Waals surface area contributed by atoms with E-state index >= 15 is 0 Å². The van der Waals surface area contributed by atoms with Gasteiger partial charge in [-0.2, -0.15) is 0 Å². The Kier molecular flexibility index (Phi) is 12.7. The number of pyridine rings is 1. The normalized spacial score (nSPS) is 22.4. The predicted molar refractivity (Wildman–Crippen MR) is 222 cm³/mol. The van der Waals surface area contributed by atoms with Gasteiger partial charge in [-0.3, -0.25) is 23.9 Å². The Morgan fingerprint density at radius 3 is 2.40 bits per heavy atom. The van der Waals surface area contributed by atoms with Crippen molar-refractivity contribution in [3.8, 4) is 22.8 Å². The maximum absolute atomic E-state index is 14.8. The Bertz CT molecular complexity index is 2300. The zero-order valence-electron chi connectivity index (χ0n) is 34.6. The van der Waals surface area contributed by atoms with Crippen LogP contribution in [-0.4, -0.2) is 96.3 Å². The van der Waals surface area contributed by atoms with Gasteiger partial charge in [-0.15, -0.1) is 6.58 Å². The van der Waals surface area contributed by atoms with E-state index in [0.29, 0.717) is 40.9 Å². The summed E-state index contributed by atoms with van der Waals surface area (Å²) < 4.78 is 51.1. The maximum atomic E-state index is 14.8. The van der Waals surface area contributed by atoms with Gasteiger partial charge >= 0.3 is 11.9 Å². The van der Waals surface area contributed by atoms with Crippen LogP contribution in [0.3, 0.4) is 0 Å². The highest BCUT2D eigenvalue weighted by atomic mass is 32.2. The van der Waals surface area contributed by atoms with Crippen molar-refractivity contribution in [1.82, 2.24) is 19.9 Å². The second-order valence-electron chi connectivity index (χ2n) is 16.5. The van der Waals surface area contributed by atoms with Gasteiger partial charge in [0.2, 0.25) is 21.8 Å². The average molecular weight is 845 g/mol. The molecule has 60 heavy (non-hydrogen) atoms. The van der Waals surface area contributed by atoms with E-state index in [1.807, 2.05) is 30.3 Å². The first-order chi connectivity index (χ1) is 28.4. The smallest absolute Gasteiger partial charge is 0.330 e. The number of carbonyl (C=O) groups is 5. The first-order valence-electron chi connectivity index (χ1n) is 19.9. The van der Waals surface area contributed by atoms with Gasteiger partial charge in [-0.05, 0) is 66.0 Å². The molecule has 6 rings (SSSR count). The molecule has 2 aliphatic carbocycles. The van der Waals surface area contributed by atoms with Crippen LogP contribution in [0.1, 0.15) is 66.7 Å². The number of hydrogen-bond acceptors (Lipinski definition) is 12. The summed E-state index contributed by atoms with van der Waals surface area (Å²) in [7, 11) is -2.41. The monoisotopic (exact) mass is 844 g/mol. The van der Waals surface area contributed by atoms with E-state index in [0.717, 1.165) is 5.56 Å². The van der Waals surface area contributed by atoms with Gasteiger partial charge in [-0.1, -0.05) is 42.5 Å². The molecule has 1 aliphatic heterocycles. The van der Waals surface area contributed by atoms with Crippen LogP contribution in [0.4, 0.5) is 0 Å². The van der Waals surface area contributed by atoms with Crippen molar-refractivity contribution < 1.29 is 51.3 Å². The van der Waals surface area contributed by atoms with E-state index in [-0.39, 0.29) is 19.4 Å². The van der Waals surface area contributed by atoms with Crippen LogP contribution in [0, 0.1) is 11.8 Å². The first kappa shape index (κ1) is 43.8. The number of fused-ring (bicyclic) bond motifs is 1. The number of benzene rings is 2. The predicted octanol–water partition coefficient (Wildman–Crippen LogP) is 4.78. The average Bonchev–Trinajstić information content (AvgIpc) is 4.12. The Hall–Kier alpha value is -5.77. The van der Waals surface area contributed by atoms with Crippen LogP contribution in [-0.2, 0) is 43.5 Å². The third-order valence-electron chi connectivity index (χ3n) is 10.7. The molecule has 15 nitrogen and oxygen atoms in total. The van der Waals surface area contributed by atoms with Gasteiger partial charge in [0.15, 0.2) is 0 Å². The van der Waals surface area contributed by atoms with Gasteiger partial charge in [0.25, 0.3) is 5.91 Å². The number of rotatable bonds is 16. The maximum Gasteiger partial charge on any atom is 0.330 e. The highest BCUT2D eigenvalue weighted by Gasteiger charge is 2.62. The van der Waals surface area contributed by atoms with Crippen molar-refractivity contribution in [3.05, 3.63) is 79.4 Å². The summed E-state index contributed by atoms with van der Waals surface area (Å²) in [5.74, 6) is -4.71. The quantitative estimate of drug-likeness (QED) is 0.114. The fourth-order valence-electron chi connectivity index (χ4n) is 7.40. The lowest BCUT2D eigenvalue weighted by molar-refractivity contribution is -0.164. The minimum atomic E-state index is -3.96. The number of likely N-dealkylation sites (tertiary alicyclic amines) is 1. The zero-order chi connectivity index (χ0) is 43.6. The number of ether oxygens (including phenoxy) is 4. The summed E-state index contributed by atoms with van der Waals surface area (Å²) in [6.07, 6.45) is 2.53.